The first-order chi connectivity index (χ1) is 11.9. The minimum absolute atomic E-state index is 0.0238. The van der Waals surface area contributed by atoms with Gasteiger partial charge in [0.05, 0.1) is 18.7 Å². The second-order valence-corrected chi connectivity index (χ2v) is 7.00. The smallest absolute Gasteiger partial charge is 0.262 e. The Morgan fingerprint density at radius 2 is 2.12 bits per heavy atom. The van der Waals surface area contributed by atoms with Crippen molar-refractivity contribution in [2.75, 3.05) is 33.4 Å². The Morgan fingerprint density at radius 3 is 2.76 bits per heavy atom. The zero-order valence-electron chi connectivity index (χ0n) is 14.8. The Labute approximate surface area is 147 Å². The van der Waals surface area contributed by atoms with Gasteiger partial charge in [-0.15, -0.1) is 0 Å². The summed E-state index contributed by atoms with van der Waals surface area (Å²) >= 11 is 0. The lowest BCUT2D eigenvalue weighted by Gasteiger charge is -2.39. The number of carbonyl (C=O) groups is 1. The van der Waals surface area contributed by atoms with Crippen LogP contribution in [0.4, 0.5) is 8.78 Å². The molecule has 0 N–H and O–H groups in total. The number of pyridine rings is 1. The molecule has 0 saturated carbocycles. The van der Waals surface area contributed by atoms with Crippen molar-refractivity contribution in [3.05, 3.63) is 29.6 Å². The molecular formula is C18H25F2N3O2. The molecular weight excluding hydrogens is 328 g/mol. The van der Waals surface area contributed by atoms with Crippen molar-refractivity contribution in [3.63, 3.8) is 0 Å². The molecule has 0 aromatic carbocycles. The molecule has 1 aromatic rings. The van der Waals surface area contributed by atoms with E-state index in [4.69, 9.17) is 4.74 Å². The molecule has 5 nitrogen and oxygen atoms in total. The topological polar surface area (TPSA) is 45.7 Å². The van der Waals surface area contributed by atoms with Crippen molar-refractivity contribution in [2.24, 2.45) is 0 Å². The number of hydrogen-bond donors (Lipinski definition) is 0. The highest BCUT2D eigenvalue weighted by atomic mass is 19.3. The van der Waals surface area contributed by atoms with Gasteiger partial charge in [0.25, 0.3) is 11.8 Å². The summed E-state index contributed by atoms with van der Waals surface area (Å²) in [6.07, 6.45) is 2.94. The number of nitrogens with zero attached hydrogens (tertiary/aromatic N) is 3. The summed E-state index contributed by atoms with van der Waals surface area (Å²) in [6, 6.07) is 3.38. The van der Waals surface area contributed by atoms with E-state index in [9.17, 15) is 13.6 Å². The Kier molecular flexibility index (Phi) is 5.34. The van der Waals surface area contributed by atoms with Crippen LogP contribution in [-0.4, -0.2) is 72.0 Å². The van der Waals surface area contributed by atoms with E-state index in [0.717, 1.165) is 0 Å². The molecule has 2 saturated heterocycles. The minimum Gasteiger partial charge on any atom is -0.383 e. The van der Waals surface area contributed by atoms with E-state index in [0.29, 0.717) is 43.8 Å². The Hall–Kier alpha value is -1.60. The maximum absolute atomic E-state index is 13.8. The molecule has 3 rings (SSSR count). The third kappa shape index (κ3) is 3.98. The number of rotatable bonds is 4. The molecule has 2 aliphatic heterocycles. The van der Waals surface area contributed by atoms with E-state index in [1.54, 1.807) is 30.3 Å². The van der Waals surface area contributed by atoms with Gasteiger partial charge in [0.15, 0.2) is 0 Å². The van der Waals surface area contributed by atoms with Crippen LogP contribution in [0.25, 0.3) is 0 Å². The first kappa shape index (κ1) is 18.2. The number of likely N-dealkylation sites (tertiary alicyclic amines) is 2. The molecule has 3 heterocycles. The van der Waals surface area contributed by atoms with Gasteiger partial charge < -0.3 is 9.64 Å². The molecule has 0 spiro atoms. The van der Waals surface area contributed by atoms with Crippen LogP contribution in [0.1, 0.15) is 35.3 Å². The molecule has 1 atom stereocenters. The van der Waals surface area contributed by atoms with Crippen LogP contribution in [0.2, 0.25) is 0 Å². The summed E-state index contributed by atoms with van der Waals surface area (Å²) in [5.74, 6) is -2.67. The number of carbonyl (C=O) groups excluding carboxylic acids is 1. The first-order valence-corrected chi connectivity index (χ1v) is 8.74. The Balaban J connectivity index is 1.62. The number of aromatic nitrogens is 1. The molecule has 0 bridgehead atoms. The zero-order valence-corrected chi connectivity index (χ0v) is 14.8. The van der Waals surface area contributed by atoms with Crippen LogP contribution >= 0.6 is 0 Å². The average Bonchev–Trinajstić information content (AvgIpc) is 2.90. The molecule has 1 aromatic heterocycles. The molecule has 138 valence electrons. The van der Waals surface area contributed by atoms with Gasteiger partial charge in [-0.1, -0.05) is 0 Å². The lowest BCUT2D eigenvalue weighted by atomic mass is 10.0. The third-order valence-corrected chi connectivity index (χ3v) is 5.23. The van der Waals surface area contributed by atoms with Gasteiger partial charge in [0.2, 0.25) is 0 Å². The highest BCUT2D eigenvalue weighted by molar-refractivity contribution is 5.95. The molecule has 0 unspecified atom stereocenters. The van der Waals surface area contributed by atoms with E-state index >= 15 is 0 Å². The lowest BCUT2D eigenvalue weighted by Crippen LogP contribution is -2.49. The van der Waals surface area contributed by atoms with Crippen molar-refractivity contribution in [2.45, 2.75) is 44.2 Å². The number of aryl methyl sites for hydroxylation is 1. The number of halogens is 2. The first-order valence-electron chi connectivity index (χ1n) is 8.74. The van der Waals surface area contributed by atoms with Crippen molar-refractivity contribution in [1.29, 1.82) is 0 Å². The number of amides is 1. The SMILES string of the molecule is COC[C@@H]1CC(F)(F)CN1C1CCN(C(=O)c2cccnc2C)CC1. The largest absolute Gasteiger partial charge is 0.383 e. The number of alkyl halides is 2. The van der Waals surface area contributed by atoms with Crippen molar-refractivity contribution in [1.82, 2.24) is 14.8 Å². The summed E-state index contributed by atoms with van der Waals surface area (Å²) in [5.41, 5.74) is 1.33. The highest BCUT2D eigenvalue weighted by Crippen LogP contribution is 2.35. The van der Waals surface area contributed by atoms with Gasteiger partial charge in [0, 0.05) is 50.6 Å². The molecule has 2 fully saturated rings. The van der Waals surface area contributed by atoms with Gasteiger partial charge in [0.1, 0.15) is 0 Å². The number of methoxy groups -OCH3 is 1. The lowest BCUT2D eigenvalue weighted by molar-refractivity contribution is 0.00284. The van der Waals surface area contributed by atoms with Gasteiger partial charge >= 0.3 is 0 Å². The van der Waals surface area contributed by atoms with E-state index < -0.39 is 5.92 Å². The molecule has 2 aliphatic rings. The van der Waals surface area contributed by atoms with Crippen LogP contribution in [-0.2, 0) is 4.74 Å². The molecule has 7 heteroatoms. The molecule has 1 amide bonds. The monoisotopic (exact) mass is 353 g/mol. The van der Waals surface area contributed by atoms with E-state index in [-0.39, 0.29) is 31.0 Å². The maximum Gasteiger partial charge on any atom is 0.262 e. The van der Waals surface area contributed by atoms with Crippen LogP contribution in [0.5, 0.6) is 0 Å². The predicted octanol–water partition coefficient (Wildman–Crippen LogP) is 2.35. The Morgan fingerprint density at radius 1 is 1.40 bits per heavy atom. The van der Waals surface area contributed by atoms with Crippen LogP contribution in [0.3, 0.4) is 0 Å². The molecule has 25 heavy (non-hydrogen) atoms. The van der Waals surface area contributed by atoms with Gasteiger partial charge in [-0.2, -0.15) is 0 Å². The van der Waals surface area contributed by atoms with E-state index in [2.05, 4.69) is 4.98 Å². The summed E-state index contributed by atoms with van der Waals surface area (Å²) in [5, 5.41) is 0. The third-order valence-electron chi connectivity index (χ3n) is 5.23. The normalized spacial score (nSPS) is 24.6. The van der Waals surface area contributed by atoms with E-state index in [1.165, 1.54) is 0 Å². The molecule has 0 radical (unpaired) electrons. The van der Waals surface area contributed by atoms with Gasteiger partial charge in [-0.3, -0.25) is 14.7 Å². The Bertz CT molecular complexity index is 618. The summed E-state index contributed by atoms with van der Waals surface area (Å²) < 4.78 is 32.8. The second kappa shape index (κ2) is 7.33. The summed E-state index contributed by atoms with van der Waals surface area (Å²) in [4.78, 5) is 20.5. The van der Waals surface area contributed by atoms with Gasteiger partial charge in [-0.05, 0) is 31.9 Å². The predicted molar refractivity (Wildman–Crippen MR) is 89.8 cm³/mol. The fourth-order valence-electron chi connectivity index (χ4n) is 3.98. The fraction of sp³-hybridized carbons (Fsp3) is 0.667. The number of ether oxygens (including phenoxy) is 1. The van der Waals surface area contributed by atoms with Crippen LogP contribution in [0.15, 0.2) is 18.3 Å². The van der Waals surface area contributed by atoms with Crippen molar-refractivity contribution >= 4 is 5.91 Å². The van der Waals surface area contributed by atoms with Crippen molar-refractivity contribution in [3.8, 4) is 0 Å². The molecule has 0 aliphatic carbocycles. The average molecular weight is 353 g/mol. The van der Waals surface area contributed by atoms with Gasteiger partial charge in [-0.25, -0.2) is 8.78 Å². The second-order valence-electron chi connectivity index (χ2n) is 7.00. The minimum atomic E-state index is -2.65. The fourth-order valence-corrected chi connectivity index (χ4v) is 3.98. The summed E-state index contributed by atoms with van der Waals surface area (Å²) in [6.45, 7) is 3.10. The van der Waals surface area contributed by atoms with Crippen molar-refractivity contribution < 1.29 is 18.3 Å². The zero-order chi connectivity index (χ0) is 18.0. The van der Waals surface area contributed by atoms with Crippen LogP contribution < -0.4 is 0 Å². The maximum atomic E-state index is 13.8. The van der Waals surface area contributed by atoms with E-state index in [1.807, 2.05) is 11.8 Å². The van der Waals surface area contributed by atoms with Crippen LogP contribution in [0, 0.1) is 6.92 Å². The highest BCUT2D eigenvalue weighted by Gasteiger charge is 2.47. The number of piperidine rings is 1. The summed E-state index contributed by atoms with van der Waals surface area (Å²) in [7, 11) is 1.55. The number of hydrogen-bond acceptors (Lipinski definition) is 4. The quantitative estimate of drug-likeness (QED) is 0.834. The standard InChI is InChI=1S/C18H25F2N3O2/c1-13-16(4-3-7-21-13)17(24)22-8-5-14(6-9-22)23-12-18(19,20)10-15(23)11-25-2/h3-4,7,14-15H,5-6,8-12H2,1-2H3/t15-/m0/s1.